The van der Waals surface area contributed by atoms with Gasteiger partial charge in [-0.15, -0.1) is 0 Å². The maximum Gasteiger partial charge on any atom is 0.171 e. The van der Waals surface area contributed by atoms with Crippen LogP contribution in [0.5, 0.6) is 11.5 Å². The third-order valence-electron chi connectivity index (χ3n) is 3.24. The smallest absolute Gasteiger partial charge is 0.171 e. The monoisotopic (exact) mass is 320 g/mol. The number of nitrogens with one attached hydrogen (secondary N) is 2. The second-order valence-corrected chi connectivity index (χ2v) is 5.19. The summed E-state index contributed by atoms with van der Waals surface area (Å²) in [6.07, 6.45) is 0. The molecule has 0 amide bonds. The van der Waals surface area contributed by atoms with Crippen LogP contribution in [-0.2, 0) is 13.6 Å². The molecule has 7 heteroatoms. The Labute approximate surface area is 135 Å². The van der Waals surface area contributed by atoms with E-state index in [1.807, 2.05) is 42.9 Å². The Hall–Kier alpha value is -2.28. The van der Waals surface area contributed by atoms with Gasteiger partial charge < -0.3 is 20.1 Å². The molecule has 2 aromatic rings. The summed E-state index contributed by atoms with van der Waals surface area (Å²) in [5.74, 6) is 1.33. The van der Waals surface area contributed by atoms with Gasteiger partial charge in [0.2, 0.25) is 0 Å². The van der Waals surface area contributed by atoms with Gasteiger partial charge in [0.15, 0.2) is 16.6 Å². The Morgan fingerprint density at radius 3 is 2.55 bits per heavy atom. The van der Waals surface area contributed by atoms with Crippen LogP contribution in [0.25, 0.3) is 0 Å². The van der Waals surface area contributed by atoms with Gasteiger partial charge in [0.05, 0.1) is 26.5 Å². The number of thiocarbonyl (C=S) groups is 1. The van der Waals surface area contributed by atoms with Crippen molar-refractivity contribution >= 4 is 23.0 Å². The van der Waals surface area contributed by atoms with Crippen molar-refractivity contribution in [1.29, 1.82) is 0 Å². The number of rotatable bonds is 5. The number of aromatic nitrogens is 2. The van der Waals surface area contributed by atoms with Crippen molar-refractivity contribution < 1.29 is 9.47 Å². The molecule has 0 radical (unpaired) electrons. The minimum atomic E-state index is 0.524. The quantitative estimate of drug-likeness (QED) is 0.824. The van der Waals surface area contributed by atoms with Gasteiger partial charge in [0.1, 0.15) is 0 Å². The molecule has 1 heterocycles. The molecule has 6 nitrogen and oxygen atoms in total. The van der Waals surface area contributed by atoms with Crippen molar-refractivity contribution in [3.05, 3.63) is 35.7 Å². The lowest BCUT2D eigenvalue weighted by molar-refractivity contribution is 0.355. The first-order valence-electron chi connectivity index (χ1n) is 6.80. The molecule has 0 spiro atoms. The highest BCUT2D eigenvalue weighted by Crippen LogP contribution is 2.29. The molecule has 1 aromatic carbocycles. The van der Waals surface area contributed by atoms with Gasteiger partial charge in [0.25, 0.3) is 0 Å². The zero-order chi connectivity index (χ0) is 16.1. The SMILES string of the molecule is COc1ccc(NC(=S)NCc2cc(C)n(C)n2)cc1OC. The summed E-state index contributed by atoms with van der Waals surface area (Å²) < 4.78 is 12.3. The van der Waals surface area contributed by atoms with Crippen LogP contribution in [0.1, 0.15) is 11.4 Å². The normalized spacial score (nSPS) is 10.2. The summed E-state index contributed by atoms with van der Waals surface area (Å²) in [6, 6.07) is 7.55. The molecule has 0 aliphatic carbocycles. The molecule has 0 unspecified atom stereocenters. The third kappa shape index (κ3) is 3.88. The van der Waals surface area contributed by atoms with Crippen LogP contribution >= 0.6 is 12.2 Å². The summed E-state index contributed by atoms with van der Waals surface area (Å²) in [5, 5.41) is 11.1. The average molecular weight is 320 g/mol. The van der Waals surface area contributed by atoms with Crippen molar-refractivity contribution in [2.24, 2.45) is 7.05 Å². The lowest BCUT2D eigenvalue weighted by Crippen LogP contribution is -2.28. The number of ether oxygens (including phenoxy) is 2. The molecule has 0 saturated heterocycles. The fourth-order valence-corrected chi connectivity index (χ4v) is 2.17. The maximum atomic E-state index is 5.29. The van der Waals surface area contributed by atoms with E-state index in [1.165, 1.54) is 0 Å². The Balaban J connectivity index is 1.94. The van der Waals surface area contributed by atoms with Crippen molar-refractivity contribution in [1.82, 2.24) is 15.1 Å². The van der Waals surface area contributed by atoms with E-state index < -0.39 is 0 Å². The highest BCUT2D eigenvalue weighted by Gasteiger charge is 2.06. The summed E-state index contributed by atoms with van der Waals surface area (Å²) in [6.45, 7) is 2.58. The van der Waals surface area contributed by atoms with Crippen LogP contribution < -0.4 is 20.1 Å². The van der Waals surface area contributed by atoms with Crippen molar-refractivity contribution in [3.8, 4) is 11.5 Å². The molecule has 22 heavy (non-hydrogen) atoms. The average Bonchev–Trinajstić information content (AvgIpc) is 2.83. The predicted octanol–water partition coefficient (Wildman–Crippen LogP) is 2.23. The van der Waals surface area contributed by atoms with Crippen LogP contribution in [0.2, 0.25) is 0 Å². The zero-order valence-electron chi connectivity index (χ0n) is 13.1. The first-order valence-corrected chi connectivity index (χ1v) is 7.20. The van der Waals surface area contributed by atoms with Gasteiger partial charge in [-0.3, -0.25) is 4.68 Å². The standard InChI is InChI=1S/C15H20N4O2S/c1-10-7-12(18-19(10)2)9-16-15(22)17-11-5-6-13(20-3)14(8-11)21-4/h5-8H,9H2,1-4H3,(H2,16,17,22). The topological polar surface area (TPSA) is 60.3 Å². The number of anilines is 1. The Bertz CT molecular complexity index is 650. The summed E-state index contributed by atoms with van der Waals surface area (Å²) in [5.41, 5.74) is 2.87. The molecule has 0 aliphatic rings. The molecule has 0 bridgehead atoms. The minimum absolute atomic E-state index is 0.524. The number of hydrogen-bond donors (Lipinski definition) is 2. The second-order valence-electron chi connectivity index (χ2n) is 4.78. The Morgan fingerprint density at radius 2 is 1.95 bits per heavy atom. The fraction of sp³-hybridized carbons (Fsp3) is 0.333. The van der Waals surface area contributed by atoms with E-state index in [4.69, 9.17) is 21.7 Å². The van der Waals surface area contributed by atoms with Crippen LogP contribution in [-0.4, -0.2) is 29.1 Å². The highest BCUT2D eigenvalue weighted by molar-refractivity contribution is 7.80. The van der Waals surface area contributed by atoms with E-state index in [-0.39, 0.29) is 0 Å². The summed E-state index contributed by atoms with van der Waals surface area (Å²) >= 11 is 5.29. The van der Waals surface area contributed by atoms with E-state index in [0.29, 0.717) is 23.2 Å². The minimum Gasteiger partial charge on any atom is -0.493 e. The third-order valence-corrected chi connectivity index (χ3v) is 3.48. The molecular formula is C15H20N4O2S. The van der Waals surface area contributed by atoms with Crippen molar-refractivity contribution in [2.45, 2.75) is 13.5 Å². The van der Waals surface area contributed by atoms with E-state index >= 15 is 0 Å². The van der Waals surface area contributed by atoms with Gasteiger partial charge in [-0.05, 0) is 37.3 Å². The molecule has 118 valence electrons. The van der Waals surface area contributed by atoms with E-state index in [9.17, 15) is 0 Å². The van der Waals surface area contributed by atoms with Gasteiger partial charge in [-0.2, -0.15) is 5.10 Å². The second kappa shape index (κ2) is 7.13. The van der Waals surface area contributed by atoms with Crippen molar-refractivity contribution in [3.63, 3.8) is 0 Å². The molecule has 0 aliphatic heterocycles. The highest BCUT2D eigenvalue weighted by atomic mass is 32.1. The first kappa shape index (κ1) is 16.1. The van der Waals surface area contributed by atoms with Gasteiger partial charge in [-0.25, -0.2) is 0 Å². The molecular weight excluding hydrogens is 300 g/mol. The van der Waals surface area contributed by atoms with E-state index in [1.54, 1.807) is 14.2 Å². The van der Waals surface area contributed by atoms with Crippen molar-refractivity contribution in [2.75, 3.05) is 19.5 Å². The van der Waals surface area contributed by atoms with Crippen LogP contribution in [0.4, 0.5) is 5.69 Å². The number of hydrogen-bond acceptors (Lipinski definition) is 4. The van der Waals surface area contributed by atoms with E-state index in [0.717, 1.165) is 17.1 Å². The molecule has 2 N–H and O–H groups in total. The van der Waals surface area contributed by atoms with Gasteiger partial charge in [0, 0.05) is 24.5 Å². The predicted molar refractivity (Wildman–Crippen MR) is 90.6 cm³/mol. The number of benzene rings is 1. The summed E-state index contributed by atoms with van der Waals surface area (Å²) in [7, 11) is 5.12. The molecule has 0 saturated carbocycles. The molecule has 0 fully saturated rings. The lowest BCUT2D eigenvalue weighted by Gasteiger charge is -2.12. The van der Waals surface area contributed by atoms with Crippen LogP contribution in [0.3, 0.4) is 0 Å². The zero-order valence-corrected chi connectivity index (χ0v) is 14.0. The Morgan fingerprint density at radius 1 is 1.23 bits per heavy atom. The Kier molecular flexibility index (Phi) is 5.21. The van der Waals surface area contributed by atoms with Crippen LogP contribution in [0, 0.1) is 6.92 Å². The summed E-state index contributed by atoms with van der Waals surface area (Å²) in [4.78, 5) is 0. The number of aryl methyl sites for hydroxylation is 2. The maximum absolute atomic E-state index is 5.29. The van der Waals surface area contributed by atoms with Gasteiger partial charge in [-0.1, -0.05) is 0 Å². The number of nitrogens with zero attached hydrogens (tertiary/aromatic N) is 2. The molecule has 0 atom stereocenters. The van der Waals surface area contributed by atoms with E-state index in [2.05, 4.69) is 15.7 Å². The van der Waals surface area contributed by atoms with Gasteiger partial charge >= 0.3 is 0 Å². The number of methoxy groups -OCH3 is 2. The fourth-order valence-electron chi connectivity index (χ4n) is 1.98. The largest absolute Gasteiger partial charge is 0.493 e. The molecule has 2 rings (SSSR count). The van der Waals surface area contributed by atoms with Crippen LogP contribution in [0.15, 0.2) is 24.3 Å². The first-order chi connectivity index (χ1) is 10.5. The lowest BCUT2D eigenvalue weighted by atomic mass is 10.3. The molecule has 1 aromatic heterocycles.